The van der Waals surface area contributed by atoms with Crippen LogP contribution < -0.4 is 5.32 Å². The Kier molecular flexibility index (Phi) is 8.55. The molecule has 0 amide bonds. The summed E-state index contributed by atoms with van der Waals surface area (Å²) in [5.74, 6) is 0. The lowest BCUT2D eigenvalue weighted by Crippen LogP contribution is -1.96. The molecule has 2 heteroatoms. The summed E-state index contributed by atoms with van der Waals surface area (Å²) in [5, 5.41) is 6.33. The first kappa shape index (κ1) is 33.2. The lowest BCUT2D eigenvalue weighted by molar-refractivity contribution is 1.18. The van der Waals surface area contributed by atoms with Crippen LogP contribution in [0, 0.1) is 0 Å². The van der Waals surface area contributed by atoms with E-state index in [0.717, 1.165) is 28.2 Å². The molecule has 0 atom stereocenters. The van der Waals surface area contributed by atoms with Crippen molar-refractivity contribution in [3.05, 3.63) is 224 Å². The molecule has 0 saturated heterocycles. The summed E-state index contributed by atoms with van der Waals surface area (Å²) in [6.45, 7) is 0. The van der Waals surface area contributed by atoms with Crippen LogP contribution in [0.4, 0.5) is 11.4 Å². The highest BCUT2D eigenvalue weighted by atomic mass is 15.0. The Hall–Kier alpha value is -7.42. The highest BCUT2D eigenvalue weighted by Crippen LogP contribution is 2.40. The summed E-state index contributed by atoms with van der Waals surface area (Å²) in [6.07, 6.45) is 0. The predicted molar refractivity (Wildman–Crippen MR) is 238 cm³/mol. The number of hydrogen-bond acceptors (Lipinski definition) is 1. The third-order valence-corrected chi connectivity index (χ3v) is 10.7. The number of aromatic nitrogens is 1. The molecule has 2 nitrogen and oxygen atoms in total. The molecular weight excluding hydrogens is 677 g/mol. The average Bonchev–Trinajstić information content (AvgIpc) is 3.61. The Labute approximate surface area is 327 Å². The Bertz CT molecular complexity index is 2910. The summed E-state index contributed by atoms with van der Waals surface area (Å²) in [4.78, 5) is 0. The maximum Gasteiger partial charge on any atom is 0.0541 e. The molecule has 0 spiro atoms. The summed E-state index contributed by atoms with van der Waals surface area (Å²) in [7, 11) is 0. The number of rotatable bonds is 8. The van der Waals surface area contributed by atoms with Gasteiger partial charge in [-0.05, 0) is 111 Å². The van der Waals surface area contributed by atoms with Gasteiger partial charge in [0, 0.05) is 33.4 Å². The fourth-order valence-corrected chi connectivity index (χ4v) is 8.02. The lowest BCUT2D eigenvalue weighted by Gasteiger charge is -2.17. The van der Waals surface area contributed by atoms with Crippen molar-refractivity contribution in [3.8, 4) is 61.3 Å². The van der Waals surface area contributed by atoms with E-state index in [1.165, 1.54) is 66.3 Å². The van der Waals surface area contributed by atoms with Gasteiger partial charge in [-0.3, -0.25) is 0 Å². The molecule has 1 heterocycles. The molecule has 10 rings (SSSR count). The van der Waals surface area contributed by atoms with E-state index in [0.29, 0.717) is 0 Å². The number of hydrogen-bond donors (Lipinski definition) is 1. The van der Waals surface area contributed by atoms with Gasteiger partial charge in [0.15, 0.2) is 0 Å². The molecule has 56 heavy (non-hydrogen) atoms. The molecule has 0 aliphatic carbocycles. The first-order valence-corrected chi connectivity index (χ1v) is 19.2. The molecule has 264 valence electrons. The molecule has 0 fully saturated rings. The summed E-state index contributed by atoms with van der Waals surface area (Å²) in [6, 6.07) is 80.7. The molecule has 0 aliphatic rings. The fraction of sp³-hybridized carbons (Fsp3) is 0. The van der Waals surface area contributed by atoms with Crippen molar-refractivity contribution in [1.29, 1.82) is 0 Å². The van der Waals surface area contributed by atoms with Gasteiger partial charge in [-0.15, -0.1) is 0 Å². The molecule has 0 bridgehead atoms. The zero-order chi connectivity index (χ0) is 37.3. The quantitative estimate of drug-likeness (QED) is 0.166. The molecule has 10 aromatic rings. The van der Waals surface area contributed by atoms with E-state index in [2.05, 4.69) is 234 Å². The minimum absolute atomic E-state index is 1.04. The minimum Gasteiger partial charge on any atom is -0.355 e. The number of para-hydroxylation sites is 1. The predicted octanol–water partition coefficient (Wildman–Crippen LogP) is 14.9. The first-order chi connectivity index (χ1) is 27.7. The van der Waals surface area contributed by atoms with E-state index in [4.69, 9.17) is 0 Å². The Balaban J connectivity index is 1.08. The minimum atomic E-state index is 1.04. The number of fused-ring (bicyclic) bond motifs is 3. The van der Waals surface area contributed by atoms with Gasteiger partial charge in [-0.2, -0.15) is 0 Å². The second-order valence-electron chi connectivity index (χ2n) is 14.3. The van der Waals surface area contributed by atoms with Crippen LogP contribution >= 0.6 is 0 Å². The standard InChI is InChI=1S/C54H38N2/c1-5-16-38(17-6-1)42-24-15-25-48(35-42)56-53-27-14-13-26-49(53)51-37-44(29-31-54(51)56)43-28-30-52(50(36-43)41-22-11-4-12-23-41)55-47-33-45(39-18-7-2-8-19-39)32-46(34-47)40-20-9-3-10-21-40/h1-37,55H. The highest BCUT2D eigenvalue weighted by molar-refractivity contribution is 6.10. The molecular formula is C54H38N2. The third kappa shape index (κ3) is 6.34. The molecule has 1 N–H and O–H groups in total. The van der Waals surface area contributed by atoms with Crippen molar-refractivity contribution >= 4 is 33.2 Å². The van der Waals surface area contributed by atoms with Gasteiger partial charge in [-0.25, -0.2) is 0 Å². The van der Waals surface area contributed by atoms with Gasteiger partial charge in [0.1, 0.15) is 0 Å². The maximum atomic E-state index is 3.86. The number of nitrogens with zero attached hydrogens (tertiary/aromatic N) is 1. The fourth-order valence-electron chi connectivity index (χ4n) is 8.02. The van der Waals surface area contributed by atoms with Gasteiger partial charge in [0.2, 0.25) is 0 Å². The largest absolute Gasteiger partial charge is 0.355 e. The van der Waals surface area contributed by atoms with E-state index < -0.39 is 0 Å². The zero-order valence-corrected chi connectivity index (χ0v) is 30.8. The van der Waals surface area contributed by atoms with E-state index >= 15 is 0 Å². The number of benzene rings is 9. The Morgan fingerprint density at radius 3 is 1.45 bits per heavy atom. The Morgan fingerprint density at radius 1 is 0.286 bits per heavy atom. The monoisotopic (exact) mass is 714 g/mol. The molecule has 1 aromatic heterocycles. The molecule has 0 radical (unpaired) electrons. The second-order valence-corrected chi connectivity index (χ2v) is 14.3. The summed E-state index contributed by atoms with van der Waals surface area (Å²) < 4.78 is 2.40. The SMILES string of the molecule is c1ccc(-c2cc(Nc3ccc(-c4ccc5c(c4)c4ccccc4n5-c4cccc(-c5ccccc5)c4)cc3-c3ccccc3)cc(-c3ccccc3)c2)cc1. The smallest absolute Gasteiger partial charge is 0.0541 e. The second kappa shape index (κ2) is 14.4. The van der Waals surface area contributed by atoms with Gasteiger partial charge in [0.25, 0.3) is 0 Å². The summed E-state index contributed by atoms with van der Waals surface area (Å²) in [5.41, 5.74) is 17.4. The van der Waals surface area contributed by atoms with Crippen LogP contribution in [0.2, 0.25) is 0 Å². The van der Waals surface area contributed by atoms with Crippen LogP contribution in [-0.4, -0.2) is 4.57 Å². The molecule has 0 unspecified atom stereocenters. The van der Waals surface area contributed by atoms with E-state index in [1.807, 2.05) is 0 Å². The van der Waals surface area contributed by atoms with Crippen molar-refractivity contribution in [1.82, 2.24) is 4.57 Å². The van der Waals surface area contributed by atoms with Crippen LogP contribution in [0.3, 0.4) is 0 Å². The Morgan fingerprint density at radius 2 is 0.786 bits per heavy atom. The van der Waals surface area contributed by atoms with Gasteiger partial charge >= 0.3 is 0 Å². The van der Waals surface area contributed by atoms with Crippen LogP contribution in [0.5, 0.6) is 0 Å². The average molecular weight is 715 g/mol. The van der Waals surface area contributed by atoms with Crippen molar-refractivity contribution in [2.75, 3.05) is 5.32 Å². The van der Waals surface area contributed by atoms with Crippen molar-refractivity contribution in [3.63, 3.8) is 0 Å². The van der Waals surface area contributed by atoms with Crippen molar-refractivity contribution in [2.45, 2.75) is 0 Å². The van der Waals surface area contributed by atoms with E-state index in [9.17, 15) is 0 Å². The van der Waals surface area contributed by atoms with E-state index in [1.54, 1.807) is 0 Å². The topological polar surface area (TPSA) is 17.0 Å². The van der Waals surface area contributed by atoms with Crippen molar-refractivity contribution < 1.29 is 0 Å². The van der Waals surface area contributed by atoms with Gasteiger partial charge in [0.05, 0.1) is 11.0 Å². The van der Waals surface area contributed by atoms with Gasteiger partial charge < -0.3 is 9.88 Å². The number of anilines is 2. The number of nitrogens with one attached hydrogen (secondary N) is 1. The third-order valence-electron chi connectivity index (χ3n) is 10.7. The zero-order valence-electron chi connectivity index (χ0n) is 30.8. The lowest BCUT2D eigenvalue weighted by atomic mass is 9.95. The van der Waals surface area contributed by atoms with Gasteiger partial charge in [-0.1, -0.05) is 164 Å². The van der Waals surface area contributed by atoms with E-state index in [-0.39, 0.29) is 0 Å². The molecule has 9 aromatic carbocycles. The van der Waals surface area contributed by atoms with Crippen LogP contribution in [0.15, 0.2) is 224 Å². The highest BCUT2D eigenvalue weighted by Gasteiger charge is 2.16. The summed E-state index contributed by atoms with van der Waals surface area (Å²) >= 11 is 0. The molecule has 0 aliphatic heterocycles. The maximum absolute atomic E-state index is 3.86. The normalized spacial score (nSPS) is 11.2. The van der Waals surface area contributed by atoms with Crippen LogP contribution in [-0.2, 0) is 0 Å². The van der Waals surface area contributed by atoms with Crippen molar-refractivity contribution in [2.24, 2.45) is 0 Å². The molecule has 0 saturated carbocycles. The van der Waals surface area contributed by atoms with Crippen LogP contribution in [0.1, 0.15) is 0 Å². The van der Waals surface area contributed by atoms with Crippen LogP contribution in [0.25, 0.3) is 83.1 Å². The first-order valence-electron chi connectivity index (χ1n) is 19.2.